The van der Waals surface area contributed by atoms with E-state index in [1.165, 1.54) is 25.7 Å². The van der Waals surface area contributed by atoms with Crippen LogP contribution in [0.15, 0.2) is 12.1 Å². The largest absolute Gasteiger partial charge is 0.508 e. The first-order valence-electron chi connectivity index (χ1n) is 10.6. The third kappa shape index (κ3) is 5.39. The maximum Gasteiger partial charge on any atom is 0.126 e. The zero-order valence-electron chi connectivity index (χ0n) is 17.2. The molecule has 148 valence electrons. The van der Waals surface area contributed by atoms with E-state index in [0.29, 0.717) is 18.8 Å². The standard InChI is InChI=1S/C23H38O3/c1-5-7-8-9-13-23(3,4)18-15-20(25)22(21(16-18)26-6-2)17-11-10-12-19(24)14-17/h15-17,19,24-25H,5-14H2,1-4H3. The number of hydrogen-bond donors (Lipinski definition) is 2. The summed E-state index contributed by atoms with van der Waals surface area (Å²) < 4.78 is 5.94. The van der Waals surface area contributed by atoms with Crippen molar-refractivity contribution in [3.63, 3.8) is 0 Å². The van der Waals surface area contributed by atoms with Gasteiger partial charge in [-0.05, 0) is 61.6 Å². The minimum absolute atomic E-state index is 0.0156. The second-order valence-corrected chi connectivity index (χ2v) is 8.55. The smallest absolute Gasteiger partial charge is 0.126 e. The fourth-order valence-electron chi connectivity index (χ4n) is 4.25. The molecular formula is C23H38O3. The Labute approximate surface area is 159 Å². The van der Waals surface area contributed by atoms with Crippen molar-refractivity contribution in [2.45, 2.75) is 103 Å². The molecule has 2 unspecified atom stereocenters. The van der Waals surface area contributed by atoms with Crippen LogP contribution in [0.3, 0.4) is 0 Å². The summed E-state index contributed by atoms with van der Waals surface area (Å²) in [6.07, 6.45) is 9.44. The van der Waals surface area contributed by atoms with E-state index in [1.54, 1.807) is 0 Å². The Morgan fingerprint density at radius 2 is 1.88 bits per heavy atom. The lowest BCUT2D eigenvalue weighted by molar-refractivity contribution is 0.118. The Bertz CT molecular complexity index is 565. The monoisotopic (exact) mass is 362 g/mol. The topological polar surface area (TPSA) is 49.7 Å². The van der Waals surface area contributed by atoms with Gasteiger partial charge in [0.05, 0.1) is 12.7 Å². The van der Waals surface area contributed by atoms with Crippen LogP contribution in [0.1, 0.15) is 103 Å². The third-order valence-electron chi connectivity index (χ3n) is 5.91. The maximum absolute atomic E-state index is 10.8. The Kier molecular flexibility index (Phi) is 7.82. The highest BCUT2D eigenvalue weighted by Gasteiger charge is 2.29. The molecule has 1 aliphatic rings. The fraction of sp³-hybridized carbons (Fsp3) is 0.739. The first-order chi connectivity index (χ1) is 12.4. The lowest BCUT2D eigenvalue weighted by atomic mass is 9.77. The van der Waals surface area contributed by atoms with Crippen LogP contribution in [0.25, 0.3) is 0 Å². The first-order valence-corrected chi connectivity index (χ1v) is 10.6. The van der Waals surface area contributed by atoms with Gasteiger partial charge in [-0.2, -0.15) is 0 Å². The van der Waals surface area contributed by atoms with Crippen molar-refractivity contribution < 1.29 is 14.9 Å². The summed E-state index contributed by atoms with van der Waals surface area (Å²) >= 11 is 0. The van der Waals surface area contributed by atoms with Crippen LogP contribution >= 0.6 is 0 Å². The molecule has 1 aromatic carbocycles. The molecule has 0 aromatic heterocycles. The molecule has 0 aliphatic heterocycles. The Balaban J connectivity index is 2.26. The molecular weight excluding hydrogens is 324 g/mol. The summed E-state index contributed by atoms with van der Waals surface area (Å²) in [5, 5.41) is 20.9. The predicted octanol–water partition coefficient (Wildman–Crippen LogP) is 6.06. The summed E-state index contributed by atoms with van der Waals surface area (Å²) in [7, 11) is 0. The van der Waals surface area contributed by atoms with E-state index in [-0.39, 0.29) is 17.4 Å². The number of phenolic OH excluding ortho intramolecular Hbond substituents is 1. The lowest BCUT2D eigenvalue weighted by Gasteiger charge is -2.31. The number of aliphatic hydroxyl groups excluding tert-OH is 1. The summed E-state index contributed by atoms with van der Waals surface area (Å²) in [4.78, 5) is 0. The van der Waals surface area contributed by atoms with Crippen molar-refractivity contribution in [2.75, 3.05) is 6.61 Å². The SMILES string of the molecule is CCCCCCC(C)(C)c1cc(O)c(C2CCCC(O)C2)c(OCC)c1. The molecule has 0 saturated heterocycles. The van der Waals surface area contributed by atoms with E-state index >= 15 is 0 Å². The highest BCUT2D eigenvalue weighted by atomic mass is 16.5. The van der Waals surface area contributed by atoms with Crippen LogP contribution in [-0.2, 0) is 5.41 Å². The van der Waals surface area contributed by atoms with Crippen LogP contribution in [-0.4, -0.2) is 22.9 Å². The normalized spacial score (nSPS) is 21.0. The molecule has 1 aromatic rings. The molecule has 1 aliphatic carbocycles. The van der Waals surface area contributed by atoms with E-state index in [4.69, 9.17) is 4.74 Å². The molecule has 0 spiro atoms. The molecule has 26 heavy (non-hydrogen) atoms. The van der Waals surface area contributed by atoms with Crippen molar-refractivity contribution in [1.29, 1.82) is 0 Å². The van der Waals surface area contributed by atoms with Crippen LogP contribution in [0.2, 0.25) is 0 Å². The van der Waals surface area contributed by atoms with E-state index in [1.807, 2.05) is 13.0 Å². The molecule has 2 atom stereocenters. The number of ether oxygens (including phenoxy) is 1. The van der Waals surface area contributed by atoms with Crippen molar-refractivity contribution in [2.24, 2.45) is 0 Å². The highest BCUT2D eigenvalue weighted by molar-refractivity contribution is 5.51. The number of phenols is 1. The number of hydrogen-bond acceptors (Lipinski definition) is 3. The molecule has 0 heterocycles. The number of rotatable bonds is 9. The van der Waals surface area contributed by atoms with Crippen LogP contribution in [0.5, 0.6) is 11.5 Å². The molecule has 3 heteroatoms. The molecule has 0 bridgehead atoms. The number of aliphatic hydroxyl groups is 1. The number of benzene rings is 1. The molecule has 1 saturated carbocycles. The Morgan fingerprint density at radius 3 is 2.54 bits per heavy atom. The van der Waals surface area contributed by atoms with Gasteiger partial charge in [0.15, 0.2) is 0 Å². The van der Waals surface area contributed by atoms with Crippen LogP contribution in [0, 0.1) is 0 Å². The average Bonchev–Trinajstić information content (AvgIpc) is 2.58. The molecule has 2 rings (SSSR count). The molecule has 3 nitrogen and oxygen atoms in total. The molecule has 2 N–H and O–H groups in total. The van der Waals surface area contributed by atoms with Crippen molar-refractivity contribution in [3.05, 3.63) is 23.3 Å². The average molecular weight is 363 g/mol. The maximum atomic E-state index is 10.8. The minimum Gasteiger partial charge on any atom is -0.508 e. The zero-order valence-corrected chi connectivity index (χ0v) is 17.2. The van der Waals surface area contributed by atoms with Gasteiger partial charge in [0.2, 0.25) is 0 Å². The first kappa shape index (κ1) is 21.1. The molecule has 1 fully saturated rings. The summed E-state index contributed by atoms with van der Waals surface area (Å²) in [5.74, 6) is 1.33. The predicted molar refractivity (Wildman–Crippen MR) is 108 cm³/mol. The highest BCUT2D eigenvalue weighted by Crippen LogP contribution is 2.45. The van der Waals surface area contributed by atoms with Crippen LogP contribution in [0.4, 0.5) is 0 Å². The number of aromatic hydroxyl groups is 1. The van der Waals surface area contributed by atoms with Crippen molar-refractivity contribution in [3.8, 4) is 11.5 Å². The van der Waals surface area contributed by atoms with Gasteiger partial charge in [0.1, 0.15) is 11.5 Å². The molecule has 0 amide bonds. The third-order valence-corrected chi connectivity index (χ3v) is 5.91. The zero-order chi connectivity index (χ0) is 19.2. The van der Waals surface area contributed by atoms with Gasteiger partial charge in [0.25, 0.3) is 0 Å². The van der Waals surface area contributed by atoms with Gasteiger partial charge in [-0.25, -0.2) is 0 Å². The van der Waals surface area contributed by atoms with Gasteiger partial charge >= 0.3 is 0 Å². The second kappa shape index (κ2) is 9.64. The Hall–Kier alpha value is -1.22. The van der Waals surface area contributed by atoms with Gasteiger partial charge in [-0.1, -0.05) is 52.9 Å². The van der Waals surface area contributed by atoms with Gasteiger partial charge in [0, 0.05) is 5.56 Å². The Morgan fingerprint density at radius 1 is 1.12 bits per heavy atom. The van der Waals surface area contributed by atoms with Crippen molar-refractivity contribution in [1.82, 2.24) is 0 Å². The van der Waals surface area contributed by atoms with Gasteiger partial charge in [-0.15, -0.1) is 0 Å². The number of unbranched alkanes of at least 4 members (excludes halogenated alkanes) is 3. The van der Waals surface area contributed by atoms with Gasteiger partial charge in [-0.3, -0.25) is 0 Å². The quantitative estimate of drug-likeness (QED) is 0.525. The lowest BCUT2D eigenvalue weighted by Crippen LogP contribution is -2.20. The van der Waals surface area contributed by atoms with E-state index < -0.39 is 0 Å². The van der Waals surface area contributed by atoms with Crippen molar-refractivity contribution >= 4 is 0 Å². The van der Waals surface area contributed by atoms with Gasteiger partial charge < -0.3 is 14.9 Å². The van der Waals surface area contributed by atoms with E-state index in [2.05, 4.69) is 26.8 Å². The summed E-state index contributed by atoms with van der Waals surface area (Å²) in [6.45, 7) is 9.32. The summed E-state index contributed by atoms with van der Waals surface area (Å²) in [5.41, 5.74) is 2.06. The summed E-state index contributed by atoms with van der Waals surface area (Å²) in [6, 6.07) is 4.08. The fourth-order valence-corrected chi connectivity index (χ4v) is 4.25. The van der Waals surface area contributed by atoms with E-state index in [9.17, 15) is 10.2 Å². The minimum atomic E-state index is -0.266. The second-order valence-electron chi connectivity index (χ2n) is 8.55. The van der Waals surface area contributed by atoms with Crippen LogP contribution < -0.4 is 4.74 Å². The van der Waals surface area contributed by atoms with E-state index in [0.717, 1.165) is 42.6 Å². The molecule has 0 radical (unpaired) electrons.